The van der Waals surface area contributed by atoms with Crippen molar-refractivity contribution in [3.63, 3.8) is 0 Å². The zero-order chi connectivity index (χ0) is 17.5. The van der Waals surface area contributed by atoms with Crippen molar-refractivity contribution in [1.82, 2.24) is 10.2 Å². The largest absolute Gasteiger partial charge is 0.496 e. The Hall–Kier alpha value is -2.33. The predicted octanol–water partition coefficient (Wildman–Crippen LogP) is 2.80. The van der Waals surface area contributed by atoms with E-state index in [1.165, 1.54) is 16.7 Å². The van der Waals surface area contributed by atoms with Gasteiger partial charge in [-0.3, -0.25) is 4.79 Å². The summed E-state index contributed by atoms with van der Waals surface area (Å²) in [6.07, 6.45) is 2.41. The van der Waals surface area contributed by atoms with Crippen LogP contribution in [0.15, 0.2) is 48.5 Å². The number of nitrogens with zero attached hydrogens (tertiary/aromatic N) is 1. The van der Waals surface area contributed by atoms with E-state index in [2.05, 4.69) is 29.6 Å². The Morgan fingerprint density at radius 3 is 2.68 bits per heavy atom. The summed E-state index contributed by atoms with van der Waals surface area (Å²) in [5.41, 5.74) is 3.85. The molecule has 1 heterocycles. The first-order chi connectivity index (χ1) is 12.3. The Kier molecular flexibility index (Phi) is 6.07. The lowest BCUT2D eigenvalue weighted by Gasteiger charge is -2.29. The smallest absolute Gasteiger partial charge is 0.224 e. The third-order valence-corrected chi connectivity index (χ3v) is 4.76. The SMILES string of the molecule is COc1ccccc1CCNCCC(=O)N1CCc2ccccc2C1. The number of carbonyl (C=O) groups is 1. The zero-order valence-electron chi connectivity index (χ0n) is 14.8. The molecule has 1 aliphatic rings. The Balaban J connectivity index is 1.39. The first-order valence-electron chi connectivity index (χ1n) is 8.95. The first-order valence-corrected chi connectivity index (χ1v) is 8.95. The van der Waals surface area contributed by atoms with Gasteiger partial charge in [0.2, 0.25) is 5.91 Å². The van der Waals surface area contributed by atoms with Gasteiger partial charge in [0.05, 0.1) is 7.11 Å². The maximum atomic E-state index is 12.4. The number of para-hydroxylation sites is 1. The fourth-order valence-corrected chi connectivity index (χ4v) is 3.32. The lowest BCUT2D eigenvalue weighted by molar-refractivity contribution is -0.132. The highest BCUT2D eigenvalue weighted by Gasteiger charge is 2.19. The van der Waals surface area contributed by atoms with Crippen molar-refractivity contribution in [2.45, 2.75) is 25.8 Å². The van der Waals surface area contributed by atoms with Gasteiger partial charge in [-0.05, 0) is 42.1 Å². The molecule has 0 atom stereocenters. The van der Waals surface area contributed by atoms with Crippen LogP contribution >= 0.6 is 0 Å². The van der Waals surface area contributed by atoms with Crippen LogP contribution in [0.5, 0.6) is 5.75 Å². The molecule has 2 aromatic rings. The standard InChI is InChI=1S/C21H26N2O2/c1-25-20-9-5-4-7-18(20)10-13-22-14-11-21(24)23-15-12-17-6-2-3-8-19(17)16-23/h2-9,22H,10-16H2,1H3. The summed E-state index contributed by atoms with van der Waals surface area (Å²) in [6.45, 7) is 3.13. The molecule has 0 bridgehead atoms. The molecule has 0 fully saturated rings. The Morgan fingerprint density at radius 1 is 1.08 bits per heavy atom. The molecule has 0 saturated carbocycles. The minimum absolute atomic E-state index is 0.235. The number of ether oxygens (including phenoxy) is 1. The number of benzene rings is 2. The van der Waals surface area contributed by atoms with E-state index in [1.54, 1.807) is 7.11 Å². The van der Waals surface area contributed by atoms with Gasteiger partial charge in [-0.15, -0.1) is 0 Å². The number of methoxy groups -OCH3 is 1. The normalized spacial score (nSPS) is 13.4. The Morgan fingerprint density at radius 2 is 1.84 bits per heavy atom. The molecule has 0 aromatic heterocycles. The summed E-state index contributed by atoms with van der Waals surface area (Å²) in [7, 11) is 1.70. The molecule has 0 unspecified atom stereocenters. The number of fused-ring (bicyclic) bond motifs is 1. The fourth-order valence-electron chi connectivity index (χ4n) is 3.32. The third kappa shape index (κ3) is 4.60. The minimum Gasteiger partial charge on any atom is -0.496 e. The summed E-state index contributed by atoms with van der Waals surface area (Å²) < 4.78 is 5.36. The highest BCUT2D eigenvalue weighted by Crippen LogP contribution is 2.19. The molecular weight excluding hydrogens is 312 g/mol. The highest BCUT2D eigenvalue weighted by molar-refractivity contribution is 5.76. The molecule has 132 valence electrons. The number of nitrogens with one attached hydrogen (secondary N) is 1. The summed E-state index contributed by atoms with van der Waals surface area (Å²) in [5, 5.41) is 3.37. The van der Waals surface area contributed by atoms with E-state index in [9.17, 15) is 4.79 Å². The minimum atomic E-state index is 0.235. The molecule has 0 radical (unpaired) electrons. The van der Waals surface area contributed by atoms with Crippen molar-refractivity contribution in [3.05, 3.63) is 65.2 Å². The maximum absolute atomic E-state index is 12.4. The van der Waals surface area contributed by atoms with Crippen molar-refractivity contribution in [2.75, 3.05) is 26.7 Å². The number of amides is 1. The summed E-state index contributed by atoms with van der Waals surface area (Å²) in [6, 6.07) is 16.5. The molecule has 0 spiro atoms. The molecule has 4 nitrogen and oxygen atoms in total. The first kappa shape index (κ1) is 17.5. The van der Waals surface area contributed by atoms with Crippen LogP contribution in [-0.4, -0.2) is 37.6 Å². The lowest BCUT2D eigenvalue weighted by atomic mass is 10.00. The van der Waals surface area contributed by atoms with E-state index in [1.807, 2.05) is 29.2 Å². The second-order valence-electron chi connectivity index (χ2n) is 6.40. The van der Waals surface area contributed by atoms with Crippen molar-refractivity contribution in [1.29, 1.82) is 0 Å². The van der Waals surface area contributed by atoms with Gasteiger partial charge in [0.15, 0.2) is 0 Å². The van der Waals surface area contributed by atoms with Crippen LogP contribution < -0.4 is 10.1 Å². The predicted molar refractivity (Wildman–Crippen MR) is 99.7 cm³/mol. The average Bonchev–Trinajstić information content (AvgIpc) is 2.67. The number of carbonyl (C=O) groups excluding carboxylic acids is 1. The molecule has 2 aromatic carbocycles. The Bertz CT molecular complexity index is 715. The topological polar surface area (TPSA) is 41.6 Å². The molecule has 1 aliphatic heterocycles. The summed E-state index contributed by atoms with van der Waals surface area (Å²) in [4.78, 5) is 14.4. The van der Waals surface area contributed by atoms with Gasteiger partial charge in [0, 0.05) is 26.1 Å². The van der Waals surface area contributed by atoms with E-state index in [-0.39, 0.29) is 5.91 Å². The van der Waals surface area contributed by atoms with E-state index in [0.717, 1.165) is 38.2 Å². The van der Waals surface area contributed by atoms with Gasteiger partial charge < -0.3 is 15.0 Å². The highest BCUT2D eigenvalue weighted by atomic mass is 16.5. The molecule has 0 aliphatic carbocycles. The van der Waals surface area contributed by atoms with E-state index in [0.29, 0.717) is 13.0 Å². The van der Waals surface area contributed by atoms with Gasteiger partial charge in [-0.25, -0.2) is 0 Å². The van der Waals surface area contributed by atoms with Gasteiger partial charge >= 0.3 is 0 Å². The second-order valence-corrected chi connectivity index (χ2v) is 6.40. The van der Waals surface area contributed by atoms with Crippen molar-refractivity contribution in [3.8, 4) is 5.75 Å². The van der Waals surface area contributed by atoms with Crippen molar-refractivity contribution >= 4 is 5.91 Å². The molecule has 3 rings (SSSR count). The number of rotatable bonds is 7. The van der Waals surface area contributed by atoms with Crippen LogP contribution in [0.25, 0.3) is 0 Å². The maximum Gasteiger partial charge on any atom is 0.224 e. The third-order valence-electron chi connectivity index (χ3n) is 4.76. The van der Waals surface area contributed by atoms with Crippen LogP contribution in [0.3, 0.4) is 0 Å². The average molecular weight is 338 g/mol. The molecule has 1 N–H and O–H groups in total. The van der Waals surface area contributed by atoms with Crippen molar-refractivity contribution < 1.29 is 9.53 Å². The van der Waals surface area contributed by atoms with Gasteiger partial charge in [-0.2, -0.15) is 0 Å². The van der Waals surface area contributed by atoms with Crippen LogP contribution in [0.2, 0.25) is 0 Å². The van der Waals surface area contributed by atoms with Crippen LogP contribution in [0.1, 0.15) is 23.1 Å². The van der Waals surface area contributed by atoms with Gasteiger partial charge in [-0.1, -0.05) is 42.5 Å². The van der Waals surface area contributed by atoms with E-state index in [4.69, 9.17) is 4.74 Å². The van der Waals surface area contributed by atoms with Gasteiger partial charge in [0.25, 0.3) is 0 Å². The van der Waals surface area contributed by atoms with Gasteiger partial charge in [0.1, 0.15) is 5.75 Å². The molecule has 1 amide bonds. The second kappa shape index (κ2) is 8.67. The molecular formula is C21H26N2O2. The van der Waals surface area contributed by atoms with E-state index >= 15 is 0 Å². The summed E-state index contributed by atoms with van der Waals surface area (Å²) in [5.74, 6) is 1.16. The molecule has 0 saturated heterocycles. The quantitative estimate of drug-likeness (QED) is 0.790. The molecule has 4 heteroatoms. The number of hydrogen-bond acceptors (Lipinski definition) is 3. The number of hydrogen-bond donors (Lipinski definition) is 1. The lowest BCUT2D eigenvalue weighted by Crippen LogP contribution is -2.37. The summed E-state index contributed by atoms with van der Waals surface area (Å²) >= 11 is 0. The van der Waals surface area contributed by atoms with Crippen LogP contribution in [-0.2, 0) is 24.2 Å². The monoisotopic (exact) mass is 338 g/mol. The van der Waals surface area contributed by atoms with Crippen LogP contribution in [0.4, 0.5) is 0 Å². The van der Waals surface area contributed by atoms with Crippen molar-refractivity contribution in [2.24, 2.45) is 0 Å². The zero-order valence-corrected chi connectivity index (χ0v) is 14.8. The molecule has 25 heavy (non-hydrogen) atoms. The fraction of sp³-hybridized carbons (Fsp3) is 0.381. The van der Waals surface area contributed by atoms with E-state index < -0.39 is 0 Å². The van der Waals surface area contributed by atoms with Crippen LogP contribution in [0, 0.1) is 0 Å². The Labute approximate surface area is 149 Å².